The van der Waals surface area contributed by atoms with Crippen LogP contribution in [0.1, 0.15) is 22.3 Å². The lowest BCUT2D eigenvalue weighted by molar-refractivity contribution is -0.487. The molecule has 5 heteroatoms. The second-order valence-corrected chi connectivity index (χ2v) is 5.43. The fourth-order valence-electron chi connectivity index (χ4n) is 2.51. The average Bonchev–Trinajstić information content (AvgIpc) is 2.55. The standard InChI is InChI=1S/C18H19NO4/c1-23-17-9-7-14(8-10-17)11-15(13-19(21)22)12-18(20)16-5-3-2-4-6-16/h2-10,15H,11-13H2,1H3/t15-/m0/s1. The number of carbonyl (C=O) groups excluding carboxylic acids is 1. The van der Waals surface area contributed by atoms with Gasteiger partial charge in [-0.1, -0.05) is 42.5 Å². The number of nitrogens with zero attached hydrogens (tertiary/aromatic N) is 1. The summed E-state index contributed by atoms with van der Waals surface area (Å²) in [4.78, 5) is 22.8. The Morgan fingerprint density at radius 3 is 2.35 bits per heavy atom. The summed E-state index contributed by atoms with van der Waals surface area (Å²) in [5.41, 5.74) is 1.55. The summed E-state index contributed by atoms with van der Waals surface area (Å²) in [5.74, 6) is 0.344. The molecule has 5 nitrogen and oxygen atoms in total. The Labute approximate surface area is 135 Å². The number of benzene rings is 2. The number of rotatable bonds is 8. The Hall–Kier alpha value is -2.69. The van der Waals surface area contributed by atoms with Crippen LogP contribution in [0, 0.1) is 16.0 Å². The van der Waals surface area contributed by atoms with Crippen molar-refractivity contribution in [1.29, 1.82) is 0 Å². The highest BCUT2D eigenvalue weighted by Crippen LogP contribution is 2.19. The average molecular weight is 313 g/mol. The van der Waals surface area contributed by atoms with E-state index in [1.807, 2.05) is 30.3 Å². The number of ketones is 1. The number of carbonyl (C=O) groups is 1. The van der Waals surface area contributed by atoms with Crippen molar-refractivity contribution in [2.24, 2.45) is 5.92 Å². The Bertz CT molecular complexity index is 652. The molecule has 0 radical (unpaired) electrons. The van der Waals surface area contributed by atoms with Gasteiger partial charge < -0.3 is 4.74 Å². The summed E-state index contributed by atoms with van der Waals surface area (Å²) in [6, 6.07) is 16.3. The van der Waals surface area contributed by atoms with E-state index in [0.717, 1.165) is 11.3 Å². The molecular weight excluding hydrogens is 294 g/mol. The molecule has 0 aliphatic carbocycles. The van der Waals surface area contributed by atoms with Gasteiger partial charge in [0.15, 0.2) is 5.78 Å². The Kier molecular flexibility index (Phi) is 5.86. The van der Waals surface area contributed by atoms with Crippen molar-refractivity contribution in [2.45, 2.75) is 12.8 Å². The number of Topliss-reactive ketones (excluding diaryl/α,β-unsaturated/α-hetero) is 1. The molecule has 2 rings (SSSR count). The Morgan fingerprint density at radius 2 is 1.78 bits per heavy atom. The van der Waals surface area contributed by atoms with Gasteiger partial charge in [-0.15, -0.1) is 0 Å². The first-order valence-corrected chi connectivity index (χ1v) is 7.41. The van der Waals surface area contributed by atoms with E-state index in [9.17, 15) is 14.9 Å². The predicted octanol–water partition coefficient (Wildman–Crippen LogP) is 3.40. The smallest absolute Gasteiger partial charge is 0.207 e. The molecular formula is C18H19NO4. The van der Waals surface area contributed by atoms with Gasteiger partial charge in [0, 0.05) is 22.8 Å². The number of methoxy groups -OCH3 is 1. The highest BCUT2D eigenvalue weighted by molar-refractivity contribution is 5.96. The molecule has 0 aliphatic rings. The van der Waals surface area contributed by atoms with Gasteiger partial charge in [0.25, 0.3) is 0 Å². The molecule has 120 valence electrons. The molecule has 23 heavy (non-hydrogen) atoms. The summed E-state index contributed by atoms with van der Waals surface area (Å²) < 4.78 is 5.10. The Morgan fingerprint density at radius 1 is 1.13 bits per heavy atom. The van der Waals surface area contributed by atoms with Crippen molar-refractivity contribution in [2.75, 3.05) is 13.7 Å². The van der Waals surface area contributed by atoms with Crippen LogP contribution in [0.25, 0.3) is 0 Å². The van der Waals surface area contributed by atoms with E-state index >= 15 is 0 Å². The largest absolute Gasteiger partial charge is 0.497 e. The fraction of sp³-hybridized carbons (Fsp3) is 0.278. The minimum Gasteiger partial charge on any atom is -0.497 e. The van der Waals surface area contributed by atoms with Crippen LogP contribution >= 0.6 is 0 Å². The van der Waals surface area contributed by atoms with Crippen molar-refractivity contribution in [3.8, 4) is 5.75 Å². The molecule has 0 spiro atoms. The highest BCUT2D eigenvalue weighted by atomic mass is 16.6. The van der Waals surface area contributed by atoms with Crippen LogP contribution in [-0.2, 0) is 6.42 Å². The first-order valence-electron chi connectivity index (χ1n) is 7.41. The number of nitro groups is 1. The summed E-state index contributed by atoms with van der Waals surface area (Å²) in [6.07, 6.45) is 0.653. The number of hydrogen-bond acceptors (Lipinski definition) is 4. The predicted molar refractivity (Wildman–Crippen MR) is 87.4 cm³/mol. The van der Waals surface area contributed by atoms with Gasteiger partial charge in [-0.25, -0.2) is 0 Å². The molecule has 2 aromatic rings. The van der Waals surface area contributed by atoms with Gasteiger partial charge in [0.1, 0.15) is 5.75 Å². The molecule has 0 aliphatic heterocycles. The first-order chi connectivity index (χ1) is 11.1. The monoisotopic (exact) mass is 313 g/mol. The van der Waals surface area contributed by atoms with Crippen LogP contribution < -0.4 is 4.74 Å². The third-order valence-electron chi connectivity index (χ3n) is 3.66. The second-order valence-electron chi connectivity index (χ2n) is 5.43. The first kappa shape index (κ1) is 16.7. The maximum atomic E-state index is 12.3. The number of ether oxygens (including phenoxy) is 1. The van der Waals surface area contributed by atoms with E-state index in [2.05, 4.69) is 0 Å². The molecule has 0 N–H and O–H groups in total. The third kappa shape index (κ3) is 5.21. The fourth-order valence-corrected chi connectivity index (χ4v) is 2.51. The van der Waals surface area contributed by atoms with E-state index in [1.54, 1.807) is 31.4 Å². The zero-order valence-corrected chi connectivity index (χ0v) is 13.0. The van der Waals surface area contributed by atoms with Gasteiger partial charge in [0.2, 0.25) is 6.54 Å². The highest BCUT2D eigenvalue weighted by Gasteiger charge is 2.20. The second kappa shape index (κ2) is 8.08. The Balaban J connectivity index is 2.06. The molecule has 0 heterocycles. The van der Waals surface area contributed by atoms with Crippen LogP contribution in [0.15, 0.2) is 54.6 Å². The molecule has 0 aromatic heterocycles. The van der Waals surface area contributed by atoms with Crippen LogP contribution in [-0.4, -0.2) is 24.4 Å². The lowest BCUT2D eigenvalue weighted by Gasteiger charge is -2.13. The van der Waals surface area contributed by atoms with E-state index in [-0.39, 0.29) is 29.6 Å². The normalized spacial score (nSPS) is 11.7. The molecule has 0 bridgehead atoms. The van der Waals surface area contributed by atoms with Crippen LogP contribution in [0.5, 0.6) is 5.75 Å². The van der Waals surface area contributed by atoms with Gasteiger partial charge in [-0.3, -0.25) is 14.9 Å². The van der Waals surface area contributed by atoms with Crippen LogP contribution in [0.2, 0.25) is 0 Å². The minimum atomic E-state index is -0.355. The van der Waals surface area contributed by atoms with Crippen molar-refractivity contribution in [3.63, 3.8) is 0 Å². The summed E-state index contributed by atoms with van der Waals surface area (Å²) in [6.45, 7) is -0.218. The van der Waals surface area contributed by atoms with E-state index < -0.39 is 0 Å². The van der Waals surface area contributed by atoms with E-state index in [1.165, 1.54) is 0 Å². The molecule has 0 amide bonds. The minimum absolute atomic E-state index is 0.0639. The van der Waals surface area contributed by atoms with Crippen LogP contribution in [0.3, 0.4) is 0 Å². The summed E-state index contributed by atoms with van der Waals surface area (Å²) in [5, 5.41) is 10.9. The van der Waals surface area contributed by atoms with E-state index in [4.69, 9.17) is 4.74 Å². The molecule has 0 saturated heterocycles. The molecule has 1 atom stereocenters. The van der Waals surface area contributed by atoms with Crippen molar-refractivity contribution >= 4 is 5.78 Å². The topological polar surface area (TPSA) is 69.4 Å². The van der Waals surface area contributed by atoms with Crippen molar-refractivity contribution < 1.29 is 14.5 Å². The van der Waals surface area contributed by atoms with Gasteiger partial charge in [-0.2, -0.15) is 0 Å². The van der Waals surface area contributed by atoms with Crippen LogP contribution in [0.4, 0.5) is 0 Å². The maximum absolute atomic E-state index is 12.3. The quantitative estimate of drug-likeness (QED) is 0.425. The SMILES string of the molecule is COc1ccc(C[C@@H](CC(=O)c2ccccc2)C[N+](=O)[O-])cc1. The lowest BCUT2D eigenvalue weighted by atomic mass is 9.92. The maximum Gasteiger partial charge on any atom is 0.207 e. The molecule has 0 fully saturated rings. The van der Waals surface area contributed by atoms with E-state index in [0.29, 0.717) is 12.0 Å². The zero-order valence-electron chi connectivity index (χ0n) is 13.0. The molecule has 0 unspecified atom stereocenters. The van der Waals surface area contributed by atoms with Crippen molar-refractivity contribution in [1.82, 2.24) is 0 Å². The van der Waals surface area contributed by atoms with Gasteiger partial charge >= 0.3 is 0 Å². The summed E-state index contributed by atoms with van der Waals surface area (Å²) >= 11 is 0. The summed E-state index contributed by atoms with van der Waals surface area (Å²) in [7, 11) is 1.59. The number of hydrogen-bond donors (Lipinski definition) is 0. The molecule has 0 saturated carbocycles. The van der Waals surface area contributed by atoms with Gasteiger partial charge in [-0.05, 0) is 24.1 Å². The van der Waals surface area contributed by atoms with Gasteiger partial charge in [0.05, 0.1) is 7.11 Å². The zero-order chi connectivity index (χ0) is 16.7. The third-order valence-corrected chi connectivity index (χ3v) is 3.66. The lowest BCUT2D eigenvalue weighted by Crippen LogP contribution is -2.20. The van der Waals surface area contributed by atoms with Crippen molar-refractivity contribution in [3.05, 3.63) is 75.8 Å². The molecule has 2 aromatic carbocycles.